The van der Waals surface area contributed by atoms with Gasteiger partial charge in [-0.05, 0) is 39.2 Å². The van der Waals surface area contributed by atoms with Gasteiger partial charge in [-0.2, -0.15) is 4.31 Å². The number of carboxylic acid groups (broad SMARTS) is 1. The van der Waals surface area contributed by atoms with Crippen LogP contribution in [0.3, 0.4) is 0 Å². The van der Waals surface area contributed by atoms with Crippen LogP contribution in [-0.4, -0.2) is 62.4 Å². The summed E-state index contributed by atoms with van der Waals surface area (Å²) in [6.45, 7) is 3.49. The quantitative estimate of drug-likeness (QED) is 0.737. The van der Waals surface area contributed by atoms with Crippen LogP contribution < -0.4 is 0 Å². The van der Waals surface area contributed by atoms with E-state index >= 15 is 0 Å². The molecule has 0 saturated carbocycles. The Morgan fingerprint density at radius 3 is 2.48 bits per heavy atom. The van der Waals surface area contributed by atoms with Gasteiger partial charge in [-0.25, -0.2) is 8.42 Å². The number of carbonyl (C=O) groups is 1. The molecule has 1 aromatic heterocycles. The molecule has 0 radical (unpaired) electrons. The molecule has 0 aliphatic rings. The molecule has 1 heterocycles. The van der Waals surface area contributed by atoms with Gasteiger partial charge in [0.05, 0.1) is 6.42 Å². The molecule has 1 aromatic rings. The van der Waals surface area contributed by atoms with E-state index in [1.165, 1.54) is 10.4 Å². The lowest BCUT2D eigenvalue weighted by atomic mass is 10.3. The third-order valence-corrected chi connectivity index (χ3v) is 6.45. The van der Waals surface area contributed by atoms with E-state index in [1.807, 2.05) is 19.0 Å². The summed E-state index contributed by atoms with van der Waals surface area (Å²) in [6.07, 6.45) is 0.611. The molecule has 1 N–H and O–H groups in total. The zero-order chi connectivity index (χ0) is 16.0. The van der Waals surface area contributed by atoms with Crippen LogP contribution >= 0.6 is 11.3 Å². The Morgan fingerprint density at radius 2 is 1.95 bits per heavy atom. The number of carboxylic acids is 1. The van der Waals surface area contributed by atoms with Crippen LogP contribution in [0, 0.1) is 0 Å². The maximum Gasteiger partial charge on any atom is 0.308 e. The maximum absolute atomic E-state index is 12.5. The number of thiophene rings is 1. The molecule has 0 saturated heterocycles. The van der Waals surface area contributed by atoms with Crippen LogP contribution in [0.4, 0.5) is 0 Å². The molecule has 0 aromatic carbocycles. The molecule has 0 spiro atoms. The molecule has 8 heteroatoms. The number of sulfonamides is 1. The molecule has 0 unspecified atom stereocenters. The van der Waals surface area contributed by atoms with Gasteiger partial charge in [0.2, 0.25) is 0 Å². The first-order chi connectivity index (χ1) is 9.77. The molecule has 120 valence electrons. The van der Waals surface area contributed by atoms with Gasteiger partial charge in [0, 0.05) is 18.0 Å². The first kappa shape index (κ1) is 18.1. The SMILES string of the molecule is CCN(CCCN(C)C)S(=O)(=O)c1ccc(CC(=O)O)s1. The second-order valence-corrected chi connectivity index (χ2v) is 8.28. The molecule has 0 amide bonds. The van der Waals surface area contributed by atoms with E-state index in [9.17, 15) is 13.2 Å². The van der Waals surface area contributed by atoms with Crippen molar-refractivity contribution in [2.75, 3.05) is 33.7 Å². The van der Waals surface area contributed by atoms with Gasteiger partial charge in [0.1, 0.15) is 4.21 Å². The lowest BCUT2D eigenvalue weighted by Crippen LogP contribution is -2.32. The summed E-state index contributed by atoms with van der Waals surface area (Å²) in [7, 11) is 0.370. The fourth-order valence-electron chi connectivity index (χ4n) is 1.88. The Balaban J connectivity index is 2.81. The predicted octanol–water partition coefficient (Wildman–Crippen LogP) is 1.34. The molecule has 6 nitrogen and oxygen atoms in total. The van der Waals surface area contributed by atoms with Crippen LogP contribution in [0.5, 0.6) is 0 Å². The fraction of sp³-hybridized carbons (Fsp3) is 0.615. The van der Waals surface area contributed by atoms with Gasteiger partial charge < -0.3 is 10.0 Å². The highest BCUT2D eigenvalue weighted by Crippen LogP contribution is 2.25. The Bertz CT molecular complexity index is 566. The zero-order valence-electron chi connectivity index (χ0n) is 12.6. The second-order valence-electron chi connectivity index (χ2n) is 4.94. The average Bonchev–Trinajstić information content (AvgIpc) is 2.82. The van der Waals surface area contributed by atoms with Crippen molar-refractivity contribution in [3.63, 3.8) is 0 Å². The highest BCUT2D eigenvalue weighted by Gasteiger charge is 2.24. The van der Waals surface area contributed by atoms with Crippen molar-refractivity contribution in [3.8, 4) is 0 Å². The minimum Gasteiger partial charge on any atom is -0.481 e. The van der Waals surface area contributed by atoms with Gasteiger partial charge in [-0.15, -0.1) is 11.3 Å². The van der Waals surface area contributed by atoms with Crippen molar-refractivity contribution in [1.29, 1.82) is 0 Å². The van der Waals surface area contributed by atoms with Crippen LogP contribution in [0.1, 0.15) is 18.2 Å². The number of hydrogen-bond donors (Lipinski definition) is 1. The molecule has 0 aliphatic carbocycles. The largest absolute Gasteiger partial charge is 0.481 e. The highest BCUT2D eigenvalue weighted by atomic mass is 32.2. The minimum atomic E-state index is -3.52. The molecular formula is C13H22N2O4S2. The lowest BCUT2D eigenvalue weighted by molar-refractivity contribution is -0.136. The van der Waals surface area contributed by atoms with E-state index in [1.54, 1.807) is 13.0 Å². The summed E-state index contributed by atoms with van der Waals surface area (Å²) in [4.78, 5) is 13.2. The van der Waals surface area contributed by atoms with Gasteiger partial charge >= 0.3 is 5.97 Å². The molecule has 21 heavy (non-hydrogen) atoms. The molecule has 0 aliphatic heterocycles. The van der Waals surface area contributed by atoms with Crippen LogP contribution in [0.15, 0.2) is 16.3 Å². The van der Waals surface area contributed by atoms with Crippen LogP contribution in [0.25, 0.3) is 0 Å². The summed E-state index contributed by atoms with van der Waals surface area (Å²) in [5, 5.41) is 8.74. The third-order valence-electron chi connectivity index (χ3n) is 2.92. The summed E-state index contributed by atoms with van der Waals surface area (Å²) in [6, 6.07) is 3.06. The lowest BCUT2D eigenvalue weighted by Gasteiger charge is -2.20. The Labute approximate surface area is 130 Å². The molecule has 1 rings (SSSR count). The second kappa shape index (κ2) is 7.88. The number of rotatable bonds is 9. The zero-order valence-corrected chi connectivity index (χ0v) is 14.2. The number of aliphatic carboxylic acids is 1. The van der Waals surface area contributed by atoms with Crippen molar-refractivity contribution in [1.82, 2.24) is 9.21 Å². The first-order valence-electron chi connectivity index (χ1n) is 6.72. The normalized spacial score (nSPS) is 12.2. The van der Waals surface area contributed by atoms with Crippen molar-refractivity contribution in [3.05, 3.63) is 17.0 Å². The van der Waals surface area contributed by atoms with E-state index in [0.717, 1.165) is 24.3 Å². The topological polar surface area (TPSA) is 77.9 Å². The molecule has 0 bridgehead atoms. The van der Waals surface area contributed by atoms with E-state index in [0.29, 0.717) is 18.0 Å². The highest BCUT2D eigenvalue weighted by molar-refractivity contribution is 7.91. The van der Waals surface area contributed by atoms with Crippen molar-refractivity contribution in [2.24, 2.45) is 0 Å². The summed E-state index contributed by atoms with van der Waals surface area (Å²) >= 11 is 1.03. The minimum absolute atomic E-state index is 0.146. The summed E-state index contributed by atoms with van der Waals surface area (Å²) in [5.74, 6) is -0.959. The van der Waals surface area contributed by atoms with Crippen molar-refractivity contribution in [2.45, 2.75) is 24.0 Å². The van der Waals surface area contributed by atoms with E-state index in [4.69, 9.17) is 5.11 Å². The molecule has 0 fully saturated rings. The monoisotopic (exact) mass is 334 g/mol. The van der Waals surface area contributed by atoms with Gasteiger partial charge in [0.15, 0.2) is 0 Å². The summed E-state index contributed by atoms with van der Waals surface area (Å²) in [5.41, 5.74) is 0. The van der Waals surface area contributed by atoms with Crippen molar-refractivity contribution < 1.29 is 18.3 Å². The predicted molar refractivity (Wildman–Crippen MR) is 83.3 cm³/mol. The maximum atomic E-state index is 12.5. The van der Waals surface area contributed by atoms with Crippen LogP contribution in [0.2, 0.25) is 0 Å². The average molecular weight is 334 g/mol. The molecular weight excluding hydrogens is 312 g/mol. The number of nitrogens with zero attached hydrogens (tertiary/aromatic N) is 2. The van der Waals surface area contributed by atoms with Crippen LogP contribution in [-0.2, 0) is 21.2 Å². The Hall–Kier alpha value is -0.960. The Morgan fingerprint density at radius 1 is 1.29 bits per heavy atom. The smallest absolute Gasteiger partial charge is 0.308 e. The first-order valence-corrected chi connectivity index (χ1v) is 8.98. The number of hydrogen-bond acceptors (Lipinski definition) is 5. The van der Waals surface area contributed by atoms with Gasteiger partial charge in [-0.1, -0.05) is 6.92 Å². The van der Waals surface area contributed by atoms with Crippen molar-refractivity contribution >= 4 is 27.3 Å². The fourth-order valence-corrected chi connectivity index (χ4v) is 4.87. The van der Waals surface area contributed by atoms with E-state index in [2.05, 4.69) is 0 Å². The summed E-state index contributed by atoms with van der Waals surface area (Å²) < 4.78 is 26.7. The molecule has 0 atom stereocenters. The third kappa shape index (κ3) is 5.39. The Kier molecular flexibility index (Phi) is 6.79. The van der Waals surface area contributed by atoms with Gasteiger partial charge in [-0.3, -0.25) is 4.79 Å². The van der Waals surface area contributed by atoms with E-state index < -0.39 is 16.0 Å². The van der Waals surface area contributed by atoms with Gasteiger partial charge in [0.25, 0.3) is 10.0 Å². The standard InChI is InChI=1S/C13H22N2O4S2/c1-4-15(9-5-8-14(2)3)21(18,19)13-7-6-11(20-13)10-12(16)17/h6-7H,4-5,8-10H2,1-3H3,(H,16,17). The van der Waals surface area contributed by atoms with E-state index in [-0.39, 0.29) is 10.6 Å².